The van der Waals surface area contributed by atoms with Gasteiger partial charge < -0.3 is 20.5 Å². The third kappa shape index (κ3) is 3.24. The molecule has 7 heteroatoms. The van der Waals surface area contributed by atoms with Gasteiger partial charge in [0.2, 0.25) is 0 Å². The molecule has 0 aliphatic rings. The molecule has 0 radical (unpaired) electrons. The van der Waals surface area contributed by atoms with Crippen LogP contribution >= 0.6 is 23.3 Å². The Hall–Kier alpha value is -0.500. The monoisotopic (exact) mass is 263 g/mol. The zero-order valence-corrected chi connectivity index (χ0v) is 11.1. The summed E-state index contributed by atoms with van der Waals surface area (Å²) < 4.78 is 9.18. The molecule has 0 fully saturated rings. The Balaban J connectivity index is 2.82. The van der Waals surface area contributed by atoms with Crippen molar-refractivity contribution in [2.45, 2.75) is 4.90 Å². The van der Waals surface area contributed by atoms with Gasteiger partial charge in [0.05, 0.1) is 18.1 Å². The van der Waals surface area contributed by atoms with Crippen molar-refractivity contribution in [2.24, 2.45) is 0 Å². The summed E-state index contributed by atoms with van der Waals surface area (Å²) >= 11 is 2.94. The van der Waals surface area contributed by atoms with Gasteiger partial charge in [0, 0.05) is 20.2 Å². The van der Waals surface area contributed by atoms with Crippen molar-refractivity contribution in [3.8, 4) is 0 Å². The standard InChI is InChI=1S/C9H17N3O2S2/c1-14-6-4-12(3-5-13)9-7(15-2)8(10)11-16-9/h13H,3-6H2,1-2H3,(H2,10,11). The third-order valence-electron chi connectivity index (χ3n) is 2.08. The number of nitrogens with zero attached hydrogens (tertiary/aromatic N) is 2. The van der Waals surface area contributed by atoms with Crippen LogP contribution in [0.1, 0.15) is 0 Å². The molecule has 0 saturated heterocycles. The first-order chi connectivity index (χ1) is 7.74. The van der Waals surface area contributed by atoms with E-state index in [1.165, 1.54) is 11.5 Å². The maximum absolute atomic E-state index is 9.03. The predicted octanol–water partition coefficient (Wildman–Crippen LogP) is 0.892. The second-order valence-corrected chi connectivity index (χ2v) is 4.68. The largest absolute Gasteiger partial charge is 0.395 e. The first kappa shape index (κ1) is 13.6. The van der Waals surface area contributed by atoms with Gasteiger partial charge >= 0.3 is 0 Å². The zero-order chi connectivity index (χ0) is 12.0. The summed E-state index contributed by atoms with van der Waals surface area (Å²) in [5.74, 6) is 0.563. The predicted molar refractivity (Wildman–Crippen MR) is 69.5 cm³/mol. The Labute approximate surface area is 104 Å². The molecule has 1 aromatic heterocycles. The summed E-state index contributed by atoms with van der Waals surface area (Å²) in [7, 11) is 1.66. The number of aliphatic hydroxyl groups is 1. The van der Waals surface area contributed by atoms with E-state index in [0.717, 1.165) is 16.4 Å². The van der Waals surface area contributed by atoms with Crippen LogP contribution in [0.4, 0.5) is 10.8 Å². The minimum absolute atomic E-state index is 0.106. The van der Waals surface area contributed by atoms with Gasteiger partial charge in [-0.1, -0.05) is 0 Å². The van der Waals surface area contributed by atoms with E-state index in [0.29, 0.717) is 19.0 Å². The lowest BCUT2D eigenvalue weighted by Crippen LogP contribution is -2.29. The highest BCUT2D eigenvalue weighted by atomic mass is 32.2. The lowest BCUT2D eigenvalue weighted by molar-refractivity contribution is 0.203. The maximum Gasteiger partial charge on any atom is 0.153 e. The number of anilines is 2. The molecule has 0 bridgehead atoms. The molecular weight excluding hydrogens is 246 g/mol. The van der Waals surface area contributed by atoms with Gasteiger partial charge in [-0.2, -0.15) is 4.37 Å². The Kier molecular flexibility index (Phi) is 5.89. The first-order valence-corrected chi connectivity index (χ1v) is 6.88. The minimum atomic E-state index is 0.106. The van der Waals surface area contributed by atoms with Crippen molar-refractivity contribution in [2.75, 3.05) is 50.3 Å². The normalized spacial score (nSPS) is 10.7. The number of aliphatic hydroxyl groups excluding tert-OH is 1. The molecule has 0 aliphatic carbocycles. The molecule has 1 aromatic rings. The van der Waals surface area contributed by atoms with Gasteiger partial charge in [0.25, 0.3) is 0 Å². The fourth-order valence-corrected chi connectivity index (χ4v) is 3.05. The first-order valence-electron chi connectivity index (χ1n) is 4.88. The molecule has 0 saturated carbocycles. The van der Waals surface area contributed by atoms with Crippen molar-refractivity contribution >= 4 is 34.1 Å². The number of nitrogen functional groups attached to an aromatic ring is 1. The van der Waals surface area contributed by atoms with E-state index >= 15 is 0 Å². The Morgan fingerprint density at radius 3 is 2.88 bits per heavy atom. The Morgan fingerprint density at radius 2 is 2.31 bits per heavy atom. The van der Waals surface area contributed by atoms with Crippen LogP contribution in [-0.2, 0) is 4.74 Å². The highest BCUT2D eigenvalue weighted by Crippen LogP contribution is 2.37. The smallest absolute Gasteiger partial charge is 0.153 e. The van der Waals surface area contributed by atoms with E-state index in [2.05, 4.69) is 4.37 Å². The molecule has 0 atom stereocenters. The highest BCUT2D eigenvalue weighted by molar-refractivity contribution is 7.99. The number of methoxy groups -OCH3 is 1. The molecule has 0 unspecified atom stereocenters. The van der Waals surface area contributed by atoms with E-state index in [9.17, 15) is 0 Å². The van der Waals surface area contributed by atoms with E-state index in [-0.39, 0.29) is 6.61 Å². The van der Waals surface area contributed by atoms with Crippen LogP contribution in [0.3, 0.4) is 0 Å². The molecule has 1 heterocycles. The molecule has 5 nitrogen and oxygen atoms in total. The molecular formula is C9H17N3O2S2. The van der Waals surface area contributed by atoms with Crippen molar-refractivity contribution in [3.05, 3.63) is 0 Å². The van der Waals surface area contributed by atoms with Gasteiger partial charge in [0.1, 0.15) is 5.00 Å². The fraction of sp³-hybridized carbons (Fsp3) is 0.667. The highest BCUT2D eigenvalue weighted by Gasteiger charge is 2.16. The summed E-state index contributed by atoms with van der Waals surface area (Å²) in [6, 6.07) is 0. The molecule has 92 valence electrons. The second-order valence-electron chi connectivity index (χ2n) is 3.11. The van der Waals surface area contributed by atoms with Crippen LogP contribution in [0.15, 0.2) is 4.90 Å². The van der Waals surface area contributed by atoms with E-state index in [1.807, 2.05) is 11.2 Å². The third-order valence-corrected chi connectivity index (χ3v) is 3.95. The Morgan fingerprint density at radius 1 is 1.56 bits per heavy atom. The van der Waals surface area contributed by atoms with E-state index in [4.69, 9.17) is 15.6 Å². The van der Waals surface area contributed by atoms with Crippen LogP contribution < -0.4 is 10.6 Å². The average Bonchev–Trinajstić information content (AvgIpc) is 2.65. The SMILES string of the molecule is COCCN(CCO)c1snc(N)c1SC. The van der Waals surface area contributed by atoms with Crippen molar-refractivity contribution in [1.29, 1.82) is 0 Å². The molecule has 16 heavy (non-hydrogen) atoms. The number of hydrogen-bond acceptors (Lipinski definition) is 7. The molecule has 0 amide bonds. The molecule has 0 aliphatic heterocycles. The van der Waals surface area contributed by atoms with Gasteiger partial charge in [-0.25, -0.2) is 0 Å². The summed E-state index contributed by atoms with van der Waals surface area (Å²) in [4.78, 5) is 3.03. The second kappa shape index (κ2) is 6.95. The van der Waals surface area contributed by atoms with Crippen LogP contribution in [0.2, 0.25) is 0 Å². The minimum Gasteiger partial charge on any atom is -0.395 e. The number of thioether (sulfide) groups is 1. The molecule has 0 aromatic carbocycles. The van der Waals surface area contributed by atoms with Gasteiger partial charge in [0.15, 0.2) is 5.82 Å². The summed E-state index contributed by atoms with van der Waals surface area (Å²) in [5.41, 5.74) is 5.77. The molecule has 0 spiro atoms. The maximum atomic E-state index is 9.03. The molecule has 1 rings (SSSR count). The number of ether oxygens (including phenoxy) is 1. The van der Waals surface area contributed by atoms with Gasteiger partial charge in [-0.05, 0) is 17.8 Å². The fourth-order valence-electron chi connectivity index (χ4n) is 1.32. The number of hydrogen-bond donors (Lipinski definition) is 2. The number of rotatable bonds is 7. The van der Waals surface area contributed by atoms with Gasteiger partial charge in [-0.3, -0.25) is 0 Å². The van der Waals surface area contributed by atoms with Crippen LogP contribution in [0.5, 0.6) is 0 Å². The van der Waals surface area contributed by atoms with Crippen LogP contribution in [-0.4, -0.2) is 49.1 Å². The van der Waals surface area contributed by atoms with Crippen LogP contribution in [0, 0.1) is 0 Å². The molecule has 3 N–H and O–H groups in total. The number of aromatic nitrogens is 1. The van der Waals surface area contributed by atoms with E-state index in [1.54, 1.807) is 18.9 Å². The summed E-state index contributed by atoms with van der Waals surface area (Å²) in [6.07, 6.45) is 1.97. The zero-order valence-electron chi connectivity index (χ0n) is 9.47. The lowest BCUT2D eigenvalue weighted by Gasteiger charge is -2.22. The topological polar surface area (TPSA) is 71.6 Å². The lowest BCUT2D eigenvalue weighted by atomic mass is 10.4. The van der Waals surface area contributed by atoms with Crippen molar-refractivity contribution < 1.29 is 9.84 Å². The summed E-state index contributed by atoms with van der Waals surface area (Å²) in [6.45, 7) is 2.02. The number of nitrogens with two attached hydrogens (primary N) is 1. The van der Waals surface area contributed by atoms with Crippen LogP contribution in [0.25, 0.3) is 0 Å². The average molecular weight is 263 g/mol. The van der Waals surface area contributed by atoms with Crippen molar-refractivity contribution in [1.82, 2.24) is 4.37 Å². The Bertz CT molecular complexity index is 320. The quantitative estimate of drug-likeness (QED) is 0.712. The van der Waals surface area contributed by atoms with E-state index < -0.39 is 0 Å². The van der Waals surface area contributed by atoms with Crippen molar-refractivity contribution in [3.63, 3.8) is 0 Å². The van der Waals surface area contributed by atoms with Gasteiger partial charge in [-0.15, -0.1) is 11.8 Å². The summed E-state index contributed by atoms with van der Waals surface area (Å²) in [5, 5.41) is 10.0.